The van der Waals surface area contributed by atoms with E-state index in [1.54, 1.807) is 12.1 Å². The van der Waals surface area contributed by atoms with Crippen LogP contribution in [0.5, 0.6) is 0 Å². The fourth-order valence-electron chi connectivity index (χ4n) is 1.43. The minimum atomic E-state index is -0.200. The van der Waals surface area contributed by atoms with Crippen molar-refractivity contribution in [3.63, 3.8) is 0 Å². The van der Waals surface area contributed by atoms with Crippen molar-refractivity contribution in [1.82, 2.24) is 9.97 Å². The quantitative estimate of drug-likeness (QED) is 0.808. The van der Waals surface area contributed by atoms with Crippen LogP contribution in [-0.4, -0.2) is 9.97 Å². The molecule has 0 fully saturated rings. The van der Waals surface area contributed by atoms with Gasteiger partial charge in [0, 0.05) is 5.69 Å². The summed E-state index contributed by atoms with van der Waals surface area (Å²) >= 11 is 3.30. The molecule has 1 heterocycles. The molecule has 82 valence electrons. The maximum absolute atomic E-state index is 12.7. The maximum atomic E-state index is 12.7. The highest BCUT2D eigenvalue weighted by atomic mass is 79.9. The summed E-state index contributed by atoms with van der Waals surface area (Å²) in [6.45, 7) is 0. The summed E-state index contributed by atoms with van der Waals surface area (Å²) in [6, 6.07) is 8.44. The van der Waals surface area contributed by atoms with E-state index in [2.05, 4.69) is 25.9 Å². The van der Waals surface area contributed by atoms with Crippen molar-refractivity contribution in [2.45, 2.75) is 12.8 Å². The first-order valence-electron chi connectivity index (χ1n) is 4.95. The monoisotopic (exact) mass is 280 g/mol. The first-order chi connectivity index (χ1) is 7.74. The highest BCUT2D eigenvalue weighted by Crippen LogP contribution is 2.09. The molecule has 0 spiro atoms. The standard InChI is InChI=1S/C12H10BrFN2/c13-12-7-11(15-8-16-12)6-3-9-1-4-10(14)5-2-9/h1-2,4-5,7-8H,3,6H2. The van der Waals surface area contributed by atoms with Crippen molar-refractivity contribution in [2.75, 3.05) is 0 Å². The van der Waals surface area contributed by atoms with Crippen LogP contribution in [0.4, 0.5) is 4.39 Å². The minimum absolute atomic E-state index is 0.200. The van der Waals surface area contributed by atoms with E-state index in [1.807, 2.05) is 6.07 Å². The summed E-state index contributed by atoms with van der Waals surface area (Å²) in [4.78, 5) is 8.12. The van der Waals surface area contributed by atoms with E-state index >= 15 is 0 Å². The molecule has 0 saturated heterocycles. The molecule has 0 aliphatic rings. The van der Waals surface area contributed by atoms with Gasteiger partial charge in [-0.3, -0.25) is 0 Å². The Balaban J connectivity index is 1.99. The molecule has 16 heavy (non-hydrogen) atoms. The Morgan fingerprint density at radius 2 is 1.81 bits per heavy atom. The van der Waals surface area contributed by atoms with Gasteiger partial charge in [0.15, 0.2) is 0 Å². The second-order valence-corrected chi connectivity index (χ2v) is 4.27. The van der Waals surface area contributed by atoms with Gasteiger partial charge in [0.05, 0.1) is 0 Å². The van der Waals surface area contributed by atoms with Crippen LogP contribution in [0.2, 0.25) is 0 Å². The SMILES string of the molecule is Fc1ccc(CCc2cc(Br)ncn2)cc1. The molecule has 0 saturated carbocycles. The number of aromatic nitrogens is 2. The Hall–Kier alpha value is -1.29. The highest BCUT2D eigenvalue weighted by Gasteiger charge is 1.99. The van der Waals surface area contributed by atoms with Crippen LogP contribution < -0.4 is 0 Å². The summed E-state index contributed by atoms with van der Waals surface area (Å²) in [5.74, 6) is -0.200. The number of hydrogen-bond donors (Lipinski definition) is 0. The third-order valence-electron chi connectivity index (χ3n) is 2.27. The highest BCUT2D eigenvalue weighted by molar-refractivity contribution is 9.10. The summed E-state index contributed by atoms with van der Waals surface area (Å²) < 4.78 is 13.5. The number of hydrogen-bond acceptors (Lipinski definition) is 2. The van der Waals surface area contributed by atoms with E-state index in [9.17, 15) is 4.39 Å². The molecule has 0 aliphatic carbocycles. The predicted octanol–water partition coefficient (Wildman–Crippen LogP) is 3.16. The number of nitrogens with zero attached hydrogens (tertiary/aromatic N) is 2. The lowest BCUT2D eigenvalue weighted by atomic mass is 10.1. The Kier molecular flexibility index (Phi) is 3.62. The van der Waals surface area contributed by atoms with Crippen LogP contribution in [0.3, 0.4) is 0 Å². The first kappa shape index (κ1) is 11.2. The van der Waals surface area contributed by atoms with E-state index in [1.165, 1.54) is 18.5 Å². The molecule has 1 aromatic carbocycles. The topological polar surface area (TPSA) is 25.8 Å². The van der Waals surface area contributed by atoms with Gasteiger partial charge in [0.2, 0.25) is 0 Å². The number of rotatable bonds is 3. The Morgan fingerprint density at radius 1 is 1.06 bits per heavy atom. The van der Waals surface area contributed by atoms with Crippen molar-refractivity contribution < 1.29 is 4.39 Å². The zero-order valence-corrected chi connectivity index (χ0v) is 10.1. The molecular weight excluding hydrogens is 271 g/mol. The van der Waals surface area contributed by atoms with Gasteiger partial charge in [-0.2, -0.15) is 0 Å². The van der Waals surface area contributed by atoms with Gasteiger partial charge in [0.25, 0.3) is 0 Å². The molecule has 0 aliphatic heterocycles. The largest absolute Gasteiger partial charge is 0.241 e. The summed E-state index contributed by atoms with van der Waals surface area (Å²) in [7, 11) is 0. The molecule has 0 N–H and O–H groups in total. The second-order valence-electron chi connectivity index (χ2n) is 3.46. The average Bonchev–Trinajstić information content (AvgIpc) is 2.28. The Morgan fingerprint density at radius 3 is 2.50 bits per heavy atom. The fourth-order valence-corrected chi connectivity index (χ4v) is 1.79. The van der Waals surface area contributed by atoms with Gasteiger partial charge in [-0.05, 0) is 52.5 Å². The summed E-state index contributed by atoms with van der Waals surface area (Å²) in [5.41, 5.74) is 2.09. The number of halogens is 2. The zero-order valence-electron chi connectivity index (χ0n) is 8.53. The van der Waals surface area contributed by atoms with Crippen molar-refractivity contribution in [3.05, 3.63) is 58.3 Å². The lowest BCUT2D eigenvalue weighted by Gasteiger charge is -2.01. The molecule has 0 radical (unpaired) electrons. The van der Waals surface area contributed by atoms with Gasteiger partial charge in [-0.15, -0.1) is 0 Å². The van der Waals surface area contributed by atoms with Crippen molar-refractivity contribution >= 4 is 15.9 Å². The lowest BCUT2D eigenvalue weighted by molar-refractivity contribution is 0.627. The van der Waals surface area contributed by atoms with Crippen molar-refractivity contribution in [1.29, 1.82) is 0 Å². The van der Waals surface area contributed by atoms with Crippen LogP contribution in [0.15, 0.2) is 41.3 Å². The van der Waals surface area contributed by atoms with Crippen LogP contribution in [0.25, 0.3) is 0 Å². The van der Waals surface area contributed by atoms with E-state index in [0.717, 1.165) is 28.7 Å². The number of aryl methyl sites for hydroxylation is 2. The maximum Gasteiger partial charge on any atom is 0.123 e. The molecular formula is C12H10BrFN2. The van der Waals surface area contributed by atoms with Crippen LogP contribution in [-0.2, 0) is 12.8 Å². The molecule has 2 nitrogen and oxygen atoms in total. The normalized spacial score (nSPS) is 10.4. The lowest BCUT2D eigenvalue weighted by Crippen LogP contribution is -1.95. The molecule has 0 atom stereocenters. The zero-order chi connectivity index (χ0) is 11.4. The average molecular weight is 281 g/mol. The third kappa shape index (κ3) is 3.10. The molecule has 0 amide bonds. The van der Waals surface area contributed by atoms with Crippen LogP contribution >= 0.6 is 15.9 Å². The minimum Gasteiger partial charge on any atom is -0.241 e. The molecule has 1 aromatic heterocycles. The molecule has 2 rings (SSSR count). The van der Waals surface area contributed by atoms with E-state index in [4.69, 9.17) is 0 Å². The van der Waals surface area contributed by atoms with Gasteiger partial charge in [-0.25, -0.2) is 14.4 Å². The molecule has 0 unspecified atom stereocenters. The van der Waals surface area contributed by atoms with E-state index < -0.39 is 0 Å². The van der Waals surface area contributed by atoms with E-state index in [0.29, 0.717) is 0 Å². The molecule has 0 bridgehead atoms. The molecule has 4 heteroatoms. The van der Waals surface area contributed by atoms with Gasteiger partial charge < -0.3 is 0 Å². The summed E-state index contributed by atoms with van der Waals surface area (Å²) in [6.07, 6.45) is 3.21. The fraction of sp³-hybridized carbons (Fsp3) is 0.167. The third-order valence-corrected chi connectivity index (χ3v) is 2.71. The van der Waals surface area contributed by atoms with Crippen molar-refractivity contribution in [2.24, 2.45) is 0 Å². The number of benzene rings is 1. The smallest absolute Gasteiger partial charge is 0.123 e. The summed E-state index contributed by atoms with van der Waals surface area (Å²) in [5, 5.41) is 0. The van der Waals surface area contributed by atoms with Crippen LogP contribution in [0, 0.1) is 5.82 Å². The van der Waals surface area contributed by atoms with Crippen molar-refractivity contribution in [3.8, 4) is 0 Å². The predicted molar refractivity (Wildman–Crippen MR) is 63.5 cm³/mol. The van der Waals surface area contributed by atoms with Gasteiger partial charge in [0.1, 0.15) is 16.7 Å². The molecule has 2 aromatic rings. The van der Waals surface area contributed by atoms with Crippen LogP contribution in [0.1, 0.15) is 11.3 Å². The van der Waals surface area contributed by atoms with E-state index in [-0.39, 0.29) is 5.82 Å². The first-order valence-corrected chi connectivity index (χ1v) is 5.74. The Bertz CT molecular complexity index is 471. The van der Waals surface area contributed by atoms with Gasteiger partial charge in [-0.1, -0.05) is 12.1 Å². The second kappa shape index (κ2) is 5.16. The van der Waals surface area contributed by atoms with Gasteiger partial charge >= 0.3 is 0 Å². The Labute approximate surface area is 102 Å².